The van der Waals surface area contributed by atoms with E-state index in [-0.39, 0.29) is 5.91 Å². The third-order valence-corrected chi connectivity index (χ3v) is 4.88. The fourth-order valence-electron chi connectivity index (χ4n) is 3.51. The minimum Gasteiger partial charge on any atom is -0.398 e. The fourth-order valence-corrected chi connectivity index (χ4v) is 3.51. The molecule has 0 aromatic heterocycles. The topological polar surface area (TPSA) is 49.6 Å². The van der Waals surface area contributed by atoms with E-state index in [4.69, 9.17) is 5.73 Å². The van der Waals surface area contributed by atoms with E-state index in [2.05, 4.69) is 4.90 Å². The molecule has 3 rings (SSSR count). The summed E-state index contributed by atoms with van der Waals surface area (Å²) in [4.78, 5) is 16.8. The molecule has 0 atom stereocenters. The Hall–Kier alpha value is -1.55. The van der Waals surface area contributed by atoms with E-state index < -0.39 is 0 Å². The van der Waals surface area contributed by atoms with Crippen LogP contribution in [0.3, 0.4) is 0 Å². The molecule has 1 aromatic rings. The summed E-state index contributed by atoms with van der Waals surface area (Å²) in [5.74, 6) is 0.130. The molecular formula is C18H27N3O. The number of hydrogen-bond donors (Lipinski definition) is 1. The molecule has 0 spiro atoms. The first kappa shape index (κ1) is 15.3. The minimum atomic E-state index is 0.130. The van der Waals surface area contributed by atoms with Crippen molar-refractivity contribution in [3.8, 4) is 0 Å². The van der Waals surface area contributed by atoms with E-state index in [1.807, 2.05) is 23.1 Å². The van der Waals surface area contributed by atoms with E-state index in [9.17, 15) is 4.79 Å². The second-order valence-electron chi connectivity index (χ2n) is 6.60. The summed E-state index contributed by atoms with van der Waals surface area (Å²) in [5.41, 5.74) is 8.86. The van der Waals surface area contributed by atoms with Crippen molar-refractivity contribution in [2.45, 2.75) is 45.1 Å². The third kappa shape index (κ3) is 3.61. The van der Waals surface area contributed by atoms with E-state index >= 15 is 0 Å². The van der Waals surface area contributed by atoms with Crippen molar-refractivity contribution >= 4 is 11.6 Å². The van der Waals surface area contributed by atoms with Crippen molar-refractivity contribution in [1.29, 1.82) is 0 Å². The van der Waals surface area contributed by atoms with Gasteiger partial charge < -0.3 is 10.6 Å². The molecule has 2 saturated heterocycles. The normalized spacial score (nSPS) is 20.1. The molecule has 2 heterocycles. The fraction of sp³-hybridized carbons (Fsp3) is 0.611. The van der Waals surface area contributed by atoms with Crippen LogP contribution in [0.5, 0.6) is 0 Å². The van der Waals surface area contributed by atoms with Gasteiger partial charge in [0.1, 0.15) is 0 Å². The summed E-state index contributed by atoms with van der Waals surface area (Å²) < 4.78 is 0. The van der Waals surface area contributed by atoms with Crippen molar-refractivity contribution in [3.05, 3.63) is 29.3 Å². The smallest absolute Gasteiger partial charge is 0.253 e. The number of benzene rings is 1. The monoisotopic (exact) mass is 301 g/mol. The van der Waals surface area contributed by atoms with Crippen LogP contribution in [0, 0.1) is 0 Å². The van der Waals surface area contributed by atoms with Gasteiger partial charge in [0.2, 0.25) is 0 Å². The highest BCUT2D eigenvalue weighted by atomic mass is 16.2. The summed E-state index contributed by atoms with van der Waals surface area (Å²) in [6.07, 6.45) is 7.49. The van der Waals surface area contributed by atoms with Crippen LogP contribution in [0.25, 0.3) is 0 Å². The van der Waals surface area contributed by atoms with Crippen LogP contribution < -0.4 is 5.73 Å². The van der Waals surface area contributed by atoms with E-state index in [0.717, 1.165) is 62.4 Å². The minimum absolute atomic E-state index is 0.130. The molecule has 2 N–H and O–H groups in total. The first-order valence-corrected chi connectivity index (χ1v) is 8.64. The largest absolute Gasteiger partial charge is 0.398 e. The number of nitrogen functional groups attached to an aromatic ring is 1. The van der Waals surface area contributed by atoms with E-state index in [1.165, 1.54) is 25.7 Å². The molecular weight excluding hydrogens is 274 g/mol. The number of nitrogens with zero attached hydrogens (tertiary/aromatic N) is 2. The third-order valence-electron chi connectivity index (χ3n) is 4.88. The zero-order chi connectivity index (χ0) is 15.4. The number of anilines is 1. The maximum Gasteiger partial charge on any atom is 0.253 e. The SMILES string of the molecule is Nc1cc(C(=O)N2CCCC2)ccc1CN1CCCCCC1. The molecule has 2 aliphatic heterocycles. The molecule has 2 aliphatic rings. The molecule has 1 aromatic carbocycles. The number of rotatable bonds is 3. The highest BCUT2D eigenvalue weighted by Crippen LogP contribution is 2.21. The Kier molecular flexibility index (Phi) is 4.98. The molecule has 4 heteroatoms. The van der Waals surface area contributed by atoms with Gasteiger partial charge in [-0.1, -0.05) is 18.9 Å². The molecule has 4 nitrogen and oxygen atoms in total. The van der Waals surface area contributed by atoms with Crippen LogP contribution in [0.1, 0.15) is 54.4 Å². The summed E-state index contributed by atoms with van der Waals surface area (Å²) in [5, 5.41) is 0. The zero-order valence-electron chi connectivity index (χ0n) is 13.4. The van der Waals surface area contributed by atoms with Crippen LogP contribution in [0.4, 0.5) is 5.69 Å². The van der Waals surface area contributed by atoms with Crippen molar-refractivity contribution in [2.24, 2.45) is 0 Å². The zero-order valence-corrected chi connectivity index (χ0v) is 13.4. The highest BCUT2D eigenvalue weighted by Gasteiger charge is 2.20. The molecule has 0 saturated carbocycles. The Balaban J connectivity index is 1.67. The maximum atomic E-state index is 12.4. The molecule has 120 valence electrons. The standard InChI is InChI=1S/C18H27N3O/c19-17-13-15(18(22)21-11-5-6-12-21)7-8-16(17)14-20-9-3-1-2-4-10-20/h7-8,13H,1-6,9-12,14,19H2. The van der Waals surface area contributed by atoms with Crippen LogP contribution in [-0.4, -0.2) is 41.9 Å². The van der Waals surface area contributed by atoms with Gasteiger partial charge in [0.15, 0.2) is 0 Å². The molecule has 2 fully saturated rings. The number of amides is 1. The lowest BCUT2D eigenvalue weighted by molar-refractivity contribution is 0.0793. The van der Waals surface area contributed by atoms with Gasteiger partial charge in [-0.2, -0.15) is 0 Å². The lowest BCUT2D eigenvalue weighted by atomic mass is 10.1. The Morgan fingerprint density at radius 2 is 1.59 bits per heavy atom. The van der Waals surface area contributed by atoms with Crippen molar-refractivity contribution in [1.82, 2.24) is 9.80 Å². The van der Waals surface area contributed by atoms with E-state index in [1.54, 1.807) is 0 Å². The maximum absolute atomic E-state index is 12.4. The molecule has 22 heavy (non-hydrogen) atoms. The number of nitrogens with two attached hydrogens (primary N) is 1. The molecule has 1 amide bonds. The molecule has 0 unspecified atom stereocenters. The number of carbonyl (C=O) groups is 1. The van der Waals surface area contributed by atoms with Crippen LogP contribution >= 0.6 is 0 Å². The molecule has 0 aliphatic carbocycles. The van der Waals surface area contributed by atoms with Gasteiger partial charge in [0, 0.05) is 30.9 Å². The Bertz CT molecular complexity index is 515. The van der Waals surface area contributed by atoms with E-state index in [0.29, 0.717) is 0 Å². The second kappa shape index (κ2) is 7.14. The van der Waals surface area contributed by atoms with Crippen LogP contribution in [0.2, 0.25) is 0 Å². The van der Waals surface area contributed by atoms with Crippen molar-refractivity contribution in [3.63, 3.8) is 0 Å². The van der Waals surface area contributed by atoms with Gasteiger partial charge in [-0.25, -0.2) is 0 Å². The Labute approximate surface area is 133 Å². The average molecular weight is 301 g/mol. The Morgan fingerprint density at radius 1 is 0.955 bits per heavy atom. The average Bonchev–Trinajstić information content (AvgIpc) is 2.94. The first-order chi connectivity index (χ1) is 10.7. The summed E-state index contributed by atoms with van der Waals surface area (Å²) in [6.45, 7) is 4.99. The Morgan fingerprint density at radius 3 is 2.23 bits per heavy atom. The lowest BCUT2D eigenvalue weighted by Gasteiger charge is -2.21. The van der Waals surface area contributed by atoms with Gasteiger partial charge in [-0.15, -0.1) is 0 Å². The predicted molar refractivity (Wildman–Crippen MR) is 89.7 cm³/mol. The number of hydrogen-bond acceptors (Lipinski definition) is 3. The number of carbonyl (C=O) groups excluding carboxylic acids is 1. The quantitative estimate of drug-likeness (QED) is 0.873. The lowest BCUT2D eigenvalue weighted by Crippen LogP contribution is -2.28. The first-order valence-electron chi connectivity index (χ1n) is 8.64. The molecule has 0 bridgehead atoms. The van der Waals surface area contributed by atoms with Gasteiger partial charge >= 0.3 is 0 Å². The predicted octanol–water partition coefficient (Wildman–Crippen LogP) is 2.88. The summed E-state index contributed by atoms with van der Waals surface area (Å²) in [6, 6.07) is 5.86. The van der Waals surface area contributed by atoms with Crippen LogP contribution in [-0.2, 0) is 6.54 Å². The second-order valence-corrected chi connectivity index (χ2v) is 6.60. The van der Waals surface area contributed by atoms with Gasteiger partial charge in [-0.3, -0.25) is 9.69 Å². The highest BCUT2D eigenvalue weighted by molar-refractivity contribution is 5.95. The number of likely N-dealkylation sites (tertiary alicyclic amines) is 2. The van der Waals surface area contributed by atoms with Crippen molar-refractivity contribution < 1.29 is 4.79 Å². The van der Waals surface area contributed by atoms with Gasteiger partial charge in [0.05, 0.1) is 0 Å². The van der Waals surface area contributed by atoms with Gasteiger partial charge in [0.25, 0.3) is 5.91 Å². The van der Waals surface area contributed by atoms with Crippen molar-refractivity contribution in [2.75, 3.05) is 31.9 Å². The van der Waals surface area contributed by atoms with Crippen LogP contribution in [0.15, 0.2) is 18.2 Å². The summed E-state index contributed by atoms with van der Waals surface area (Å²) in [7, 11) is 0. The molecule has 0 radical (unpaired) electrons. The van der Waals surface area contributed by atoms with Gasteiger partial charge in [-0.05, 0) is 56.5 Å². The summed E-state index contributed by atoms with van der Waals surface area (Å²) >= 11 is 0.